The molecule has 1 aliphatic carbocycles. The Labute approximate surface area is 138 Å². The molecule has 0 aromatic carbocycles. The van der Waals surface area contributed by atoms with Crippen molar-refractivity contribution in [2.24, 2.45) is 5.92 Å². The third kappa shape index (κ3) is 4.08. The van der Waals surface area contributed by atoms with Gasteiger partial charge in [0.05, 0.1) is 17.4 Å². The fourth-order valence-corrected chi connectivity index (χ4v) is 3.40. The lowest BCUT2D eigenvalue weighted by Gasteiger charge is -2.33. The number of rotatable bonds is 7. The summed E-state index contributed by atoms with van der Waals surface area (Å²) in [7, 11) is 0. The van der Waals surface area contributed by atoms with Gasteiger partial charge < -0.3 is 9.64 Å². The lowest BCUT2D eigenvalue weighted by molar-refractivity contribution is 0.0446. The maximum atomic E-state index is 13.1. The molecule has 0 N–H and O–H groups in total. The maximum absolute atomic E-state index is 13.1. The van der Waals surface area contributed by atoms with Crippen LogP contribution in [0, 0.1) is 5.92 Å². The molecule has 1 unspecified atom stereocenters. The van der Waals surface area contributed by atoms with Crippen LogP contribution in [0.5, 0.6) is 0 Å². The minimum atomic E-state index is 0.0800. The molecule has 1 saturated heterocycles. The molecule has 3 rings (SSSR count). The first-order valence-electron chi connectivity index (χ1n) is 8.97. The highest BCUT2D eigenvalue weighted by molar-refractivity contribution is 5.95. The summed E-state index contributed by atoms with van der Waals surface area (Å²) in [4.78, 5) is 23.5. The van der Waals surface area contributed by atoms with Gasteiger partial charge in [-0.15, -0.1) is 0 Å². The Morgan fingerprint density at radius 2 is 2.17 bits per heavy atom. The van der Waals surface area contributed by atoms with Crippen molar-refractivity contribution in [3.8, 4) is 0 Å². The Morgan fingerprint density at radius 3 is 2.83 bits per heavy atom. The van der Waals surface area contributed by atoms with Crippen molar-refractivity contribution in [3.05, 3.63) is 23.8 Å². The monoisotopic (exact) mass is 317 g/mol. The lowest BCUT2D eigenvalue weighted by atomic mass is 9.85. The molecule has 1 atom stereocenters. The molecular formula is C18H27N3O2. The molecule has 1 aliphatic heterocycles. The second-order valence-corrected chi connectivity index (χ2v) is 6.78. The molecule has 1 aromatic rings. The van der Waals surface area contributed by atoms with E-state index in [9.17, 15) is 4.79 Å². The number of amides is 1. The normalized spacial score (nSPS) is 21.2. The van der Waals surface area contributed by atoms with Gasteiger partial charge in [0.25, 0.3) is 5.91 Å². The average molecular weight is 317 g/mol. The highest BCUT2D eigenvalue weighted by Crippen LogP contribution is 2.28. The van der Waals surface area contributed by atoms with Crippen molar-refractivity contribution < 1.29 is 9.53 Å². The predicted molar refractivity (Wildman–Crippen MR) is 88.2 cm³/mol. The molecule has 1 amide bonds. The molecule has 1 saturated carbocycles. The number of ether oxygens (including phenoxy) is 1. The molecule has 5 heteroatoms. The summed E-state index contributed by atoms with van der Waals surface area (Å²) in [5.41, 5.74) is 1.55. The number of hydrogen-bond donors (Lipinski definition) is 0. The minimum Gasteiger partial charge on any atom is -0.376 e. The van der Waals surface area contributed by atoms with Crippen molar-refractivity contribution in [2.45, 2.75) is 58.0 Å². The van der Waals surface area contributed by atoms with Crippen molar-refractivity contribution >= 4 is 5.91 Å². The summed E-state index contributed by atoms with van der Waals surface area (Å²) in [6, 6.07) is 0. The van der Waals surface area contributed by atoms with Gasteiger partial charge in [0.2, 0.25) is 0 Å². The largest absolute Gasteiger partial charge is 0.376 e. The van der Waals surface area contributed by atoms with Gasteiger partial charge >= 0.3 is 0 Å². The molecule has 23 heavy (non-hydrogen) atoms. The van der Waals surface area contributed by atoms with Crippen LogP contribution in [0.4, 0.5) is 0 Å². The van der Waals surface area contributed by atoms with Gasteiger partial charge in [0, 0.05) is 25.9 Å². The van der Waals surface area contributed by atoms with Gasteiger partial charge in [0.1, 0.15) is 6.33 Å². The van der Waals surface area contributed by atoms with E-state index in [4.69, 9.17) is 4.74 Å². The topological polar surface area (TPSA) is 55.3 Å². The van der Waals surface area contributed by atoms with E-state index in [0.29, 0.717) is 18.0 Å². The summed E-state index contributed by atoms with van der Waals surface area (Å²) in [5.74, 6) is 0.732. The number of carbonyl (C=O) groups excluding carboxylic acids is 1. The summed E-state index contributed by atoms with van der Waals surface area (Å²) in [6.07, 6.45) is 11.1. The Bertz CT molecular complexity index is 525. The zero-order chi connectivity index (χ0) is 16.1. The van der Waals surface area contributed by atoms with E-state index >= 15 is 0 Å². The van der Waals surface area contributed by atoms with Gasteiger partial charge in [-0.3, -0.25) is 4.79 Å². The molecule has 1 aromatic heterocycles. The van der Waals surface area contributed by atoms with E-state index in [1.807, 2.05) is 4.90 Å². The van der Waals surface area contributed by atoms with E-state index in [1.165, 1.54) is 25.6 Å². The first-order chi connectivity index (χ1) is 11.3. The third-order valence-electron chi connectivity index (χ3n) is 4.95. The second-order valence-electron chi connectivity index (χ2n) is 6.78. The van der Waals surface area contributed by atoms with Crippen LogP contribution in [0.15, 0.2) is 12.5 Å². The van der Waals surface area contributed by atoms with E-state index in [2.05, 4.69) is 16.9 Å². The number of nitrogens with zero attached hydrogens (tertiary/aromatic N) is 3. The van der Waals surface area contributed by atoms with Crippen molar-refractivity contribution in [2.75, 3.05) is 19.7 Å². The highest BCUT2D eigenvalue weighted by Gasteiger charge is 2.29. The third-order valence-corrected chi connectivity index (χ3v) is 4.95. The zero-order valence-electron chi connectivity index (χ0n) is 14.0. The fraction of sp³-hybridized carbons (Fsp3) is 0.722. The van der Waals surface area contributed by atoms with Gasteiger partial charge in [-0.05, 0) is 38.0 Å². The molecule has 5 nitrogen and oxygen atoms in total. The fourth-order valence-electron chi connectivity index (χ4n) is 3.40. The first kappa shape index (κ1) is 16.4. The predicted octanol–water partition coefficient (Wildman–Crippen LogP) is 2.85. The van der Waals surface area contributed by atoms with Crippen LogP contribution >= 0.6 is 0 Å². The molecule has 0 radical (unpaired) electrons. The molecule has 2 heterocycles. The van der Waals surface area contributed by atoms with E-state index in [0.717, 1.165) is 44.5 Å². The first-order valence-corrected chi connectivity index (χ1v) is 8.97. The SMILES string of the molecule is CCCc1ncncc1C(=O)N(CC1CCC1)CC1CCCO1. The summed E-state index contributed by atoms with van der Waals surface area (Å²) in [5, 5.41) is 0. The Kier molecular flexibility index (Phi) is 5.60. The highest BCUT2D eigenvalue weighted by atomic mass is 16.5. The van der Waals surface area contributed by atoms with Crippen LogP contribution < -0.4 is 0 Å². The lowest BCUT2D eigenvalue weighted by Crippen LogP contribution is -2.42. The molecule has 126 valence electrons. The minimum absolute atomic E-state index is 0.0800. The molecular weight excluding hydrogens is 290 g/mol. The second kappa shape index (κ2) is 7.86. The van der Waals surface area contributed by atoms with Crippen molar-refractivity contribution in [1.82, 2.24) is 14.9 Å². The van der Waals surface area contributed by atoms with Crippen LogP contribution in [-0.4, -0.2) is 46.6 Å². The average Bonchev–Trinajstić information content (AvgIpc) is 3.03. The standard InChI is InChI=1S/C18H27N3O2/c1-2-5-17-16(10-19-13-20-17)18(22)21(11-14-6-3-7-14)12-15-8-4-9-23-15/h10,13-15H,2-9,11-12H2,1H3. The van der Waals surface area contributed by atoms with Gasteiger partial charge in [0.15, 0.2) is 0 Å². The summed E-state index contributed by atoms with van der Waals surface area (Å²) >= 11 is 0. The number of hydrogen-bond acceptors (Lipinski definition) is 4. The van der Waals surface area contributed by atoms with Crippen molar-refractivity contribution in [3.63, 3.8) is 0 Å². The van der Waals surface area contributed by atoms with Crippen LogP contribution in [0.2, 0.25) is 0 Å². The van der Waals surface area contributed by atoms with E-state index in [-0.39, 0.29) is 12.0 Å². The molecule has 0 spiro atoms. The van der Waals surface area contributed by atoms with Crippen molar-refractivity contribution in [1.29, 1.82) is 0 Å². The number of aromatic nitrogens is 2. The van der Waals surface area contributed by atoms with Crippen LogP contribution in [0.1, 0.15) is 61.5 Å². The van der Waals surface area contributed by atoms with Gasteiger partial charge in [-0.2, -0.15) is 0 Å². The van der Waals surface area contributed by atoms with Gasteiger partial charge in [-0.25, -0.2) is 9.97 Å². The number of carbonyl (C=O) groups is 1. The van der Waals surface area contributed by atoms with Crippen LogP contribution in [0.3, 0.4) is 0 Å². The summed E-state index contributed by atoms with van der Waals surface area (Å²) < 4.78 is 5.76. The summed E-state index contributed by atoms with van der Waals surface area (Å²) in [6.45, 7) is 4.48. The van der Waals surface area contributed by atoms with E-state index in [1.54, 1.807) is 6.20 Å². The molecule has 0 bridgehead atoms. The van der Waals surface area contributed by atoms with E-state index < -0.39 is 0 Å². The molecule has 2 fully saturated rings. The Hall–Kier alpha value is -1.49. The zero-order valence-corrected chi connectivity index (χ0v) is 14.0. The van der Waals surface area contributed by atoms with Crippen LogP contribution in [-0.2, 0) is 11.2 Å². The quantitative estimate of drug-likeness (QED) is 0.776. The molecule has 2 aliphatic rings. The Balaban J connectivity index is 1.75. The maximum Gasteiger partial charge on any atom is 0.257 e. The number of aryl methyl sites for hydroxylation is 1. The van der Waals surface area contributed by atoms with Gasteiger partial charge in [-0.1, -0.05) is 19.8 Å². The Morgan fingerprint density at radius 1 is 1.30 bits per heavy atom. The van der Waals surface area contributed by atoms with Crippen LogP contribution in [0.25, 0.3) is 0 Å². The smallest absolute Gasteiger partial charge is 0.257 e.